The molecule has 138 valence electrons. The Kier molecular flexibility index (Phi) is 3.84. The highest BCUT2D eigenvalue weighted by Gasteiger charge is 2.52. The predicted octanol–water partition coefficient (Wildman–Crippen LogP) is 3.19. The SMILES string of the molecule is COC(=O)C1Cc2ccccc2CN1C(=O)C1C2CC3CC(C2)CC1C3. The lowest BCUT2D eigenvalue weighted by atomic mass is 9.51. The fourth-order valence-electron chi connectivity index (χ4n) is 6.62. The van der Waals surface area contributed by atoms with Gasteiger partial charge in [0.15, 0.2) is 0 Å². The second-order valence-electron chi connectivity index (χ2n) is 8.93. The average molecular weight is 353 g/mol. The van der Waals surface area contributed by atoms with Gasteiger partial charge in [-0.3, -0.25) is 4.79 Å². The molecule has 5 aliphatic rings. The number of benzene rings is 1. The van der Waals surface area contributed by atoms with E-state index < -0.39 is 6.04 Å². The largest absolute Gasteiger partial charge is 0.467 e. The number of nitrogens with zero attached hydrogens (tertiary/aromatic N) is 1. The van der Waals surface area contributed by atoms with E-state index >= 15 is 0 Å². The van der Waals surface area contributed by atoms with Gasteiger partial charge >= 0.3 is 5.97 Å². The molecule has 1 aromatic carbocycles. The van der Waals surface area contributed by atoms with Gasteiger partial charge < -0.3 is 9.64 Å². The van der Waals surface area contributed by atoms with Gasteiger partial charge in [0, 0.05) is 18.9 Å². The maximum atomic E-state index is 13.6. The van der Waals surface area contributed by atoms with E-state index in [9.17, 15) is 9.59 Å². The third-order valence-corrected chi connectivity index (χ3v) is 7.52. The van der Waals surface area contributed by atoms with Crippen molar-refractivity contribution in [2.45, 2.75) is 51.1 Å². The van der Waals surface area contributed by atoms with Gasteiger partial charge in [0.1, 0.15) is 6.04 Å². The standard InChI is InChI=1S/C22H27NO3/c1-26-22(25)19-11-15-4-2-3-5-16(15)12-23(19)21(24)20-17-7-13-6-14(9-17)10-18(20)8-13/h2-5,13-14,17-20H,6-12H2,1H3. The lowest BCUT2D eigenvalue weighted by Gasteiger charge is -2.55. The van der Waals surface area contributed by atoms with Crippen LogP contribution in [0.5, 0.6) is 0 Å². The summed E-state index contributed by atoms with van der Waals surface area (Å²) in [4.78, 5) is 28.0. The number of carbonyl (C=O) groups excluding carboxylic acids is 2. The van der Waals surface area contributed by atoms with Crippen LogP contribution in [0.2, 0.25) is 0 Å². The molecule has 4 nitrogen and oxygen atoms in total. The van der Waals surface area contributed by atoms with E-state index in [1.54, 1.807) is 0 Å². The Morgan fingerprint density at radius 2 is 1.58 bits per heavy atom. The minimum Gasteiger partial charge on any atom is -0.467 e. The first-order valence-electron chi connectivity index (χ1n) is 10.1. The molecule has 4 heteroatoms. The molecule has 4 bridgehead atoms. The first kappa shape index (κ1) is 16.3. The molecule has 0 saturated heterocycles. The van der Waals surface area contributed by atoms with Crippen molar-refractivity contribution in [2.24, 2.45) is 29.6 Å². The summed E-state index contributed by atoms with van der Waals surface area (Å²) >= 11 is 0. The highest BCUT2D eigenvalue weighted by molar-refractivity contribution is 5.87. The summed E-state index contributed by atoms with van der Waals surface area (Å²) in [5.41, 5.74) is 2.34. The van der Waals surface area contributed by atoms with E-state index in [1.165, 1.54) is 44.8 Å². The summed E-state index contributed by atoms with van der Waals surface area (Å²) in [5.74, 6) is 2.82. The van der Waals surface area contributed by atoms with E-state index in [4.69, 9.17) is 4.74 Å². The topological polar surface area (TPSA) is 46.6 Å². The Bertz CT molecular complexity index is 715. The summed E-state index contributed by atoms with van der Waals surface area (Å²) in [6.45, 7) is 0.539. The van der Waals surface area contributed by atoms with Crippen molar-refractivity contribution in [1.82, 2.24) is 4.90 Å². The van der Waals surface area contributed by atoms with Crippen LogP contribution in [0.1, 0.15) is 43.2 Å². The minimum absolute atomic E-state index is 0.125. The molecule has 1 aliphatic heterocycles. The summed E-state index contributed by atoms with van der Waals surface area (Å²) in [7, 11) is 1.42. The van der Waals surface area contributed by atoms with Crippen molar-refractivity contribution >= 4 is 11.9 Å². The van der Waals surface area contributed by atoms with Crippen molar-refractivity contribution in [3.05, 3.63) is 35.4 Å². The molecule has 0 spiro atoms. The molecule has 0 radical (unpaired) electrons. The van der Waals surface area contributed by atoms with Crippen molar-refractivity contribution in [3.8, 4) is 0 Å². The van der Waals surface area contributed by atoms with Crippen molar-refractivity contribution in [3.63, 3.8) is 0 Å². The van der Waals surface area contributed by atoms with Crippen molar-refractivity contribution < 1.29 is 14.3 Å². The number of hydrogen-bond donors (Lipinski definition) is 0. The highest BCUT2D eigenvalue weighted by Crippen LogP contribution is 2.57. The van der Waals surface area contributed by atoms with Crippen LogP contribution in [0.15, 0.2) is 24.3 Å². The number of fused-ring (bicyclic) bond motifs is 1. The smallest absolute Gasteiger partial charge is 0.328 e. The van der Waals surface area contributed by atoms with E-state index in [-0.39, 0.29) is 17.8 Å². The van der Waals surface area contributed by atoms with Crippen LogP contribution in [0.25, 0.3) is 0 Å². The zero-order valence-electron chi connectivity index (χ0n) is 15.4. The number of methoxy groups -OCH3 is 1. The molecule has 1 unspecified atom stereocenters. The molecule has 1 heterocycles. The maximum absolute atomic E-state index is 13.6. The van der Waals surface area contributed by atoms with E-state index in [2.05, 4.69) is 12.1 Å². The second kappa shape index (κ2) is 6.11. The Labute approximate surface area is 154 Å². The van der Waals surface area contributed by atoms with Gasteiger partial charge in [0.05, 0.1) is 7.11 Å². The number of rotatable bonds is 2. The van der Waals surface area contributed by atoms with Gasteiger partial charge in [-0.05, 0) is 66.9 Å². The highest BCUT2D eigenvalue weighted by atomic mass is 16.5. The van der Waals surface area contributed by atoms with Crippen LogP contribution in [-0.2, 0) is 27.3 Å². The number of carbonyl (C=O) groups is 2. The summed E-state index contributed by atoms with van der Waals surface area (Å²) in [6, 6.07) is 7.70. The quantitative estimate of drug-likeness (QED) is 0.767. The molecule has 0 aromatic heterocycles. The Morgan fingerprint density at radius 3 is 2.19 bits per heavy atom. The average Bonchev–Trinajstić information content (AvgIpc) is 2.65. The molecule has 4 saturated carbocycles. The molecule has 0 N–H and O–H groups in total. The molecule has 1 atom stereocenters. The monoisotopic (exact) mass is 353 g/mol. The third-order valence-electron chi connectivity index (χ3n) is 7.52. The second-order valence-corrected chi connectivity index (χ2v) is 8.93. The normalized spacial score (nSPS) is 37.3. The van der Waals surface area contributed by atoms with Gasteiger partial charge in [-0.1, -0.05) is 24.3 Å². The zero-order chi connectivity index (χ0) is 17.8. The van der Waals surface area contributed by atoms with Gasteiger partial charge in [-0.2, -0.15) is 0 Å². The number of esters is 1. The molecule has 6 rings (SSSR count). The molecular weight excluding hydrogens is 326 g/mol. The summed E-state index contributed by atoms with van der Waals surface area (Å²) in [5, 5.41) is 0. The predicted molar refractivity (Wildman–Crippen MR) is 97.0 cm³/mol. The molecule has 4 aliphatic carbocycles. The van der Waals surface area contributed by atoms with Crippen LogP contribution in [-0.4, -0.2) is 29.9 Å². The Balaban J connectivity index is 1.45. The van der Waals surface area contributed by atoms with Crippen LogP contribution < -0.4 is 0 Å². The van der Waals surface area contributed by atoms with E-state index in [0.29, 0.717) is 24.8 Å². The first-order chi connectivity index (χ1) is 12.6. The molecule has 26 heavy (non-hydrogen) atoms. The maximum Gasteiger partial charge on any atom is 0.328 e. The van der Waals surface area contributed by atoms with Crippen LogP contribution in [0, 0.1) is 29.6 Å². The number of amides is 1. The minimum atomic E-state index is -0.473. The Morgan fingerprint density at radius 1 is 0.962 bits per heavy atom. The fourth-order valence-corrected chi connectivity index (χ4v) is 6.62. The van der Waals surface area contributed by atoms with Gasteiger partial charge in [-0.25, -0.2) is 4.79 Å². The molecule has 1 aromatic rings. The Hall–Kier alpha value is -1.84. The molecular formula is C22H27NO3. The van der Waals surface area contributed by atoms with E-state index in [0.717, 1.165) is 17.4 Å². The summed E-state index contributed by atoms with van der Waals surface area (Å²) in [6.07, 6.45) is 6.83. The van der Waals surface area contributed by atoms with Crippen LogP contribution >= 0.6 is 0 Å². The van der Waals surface area contributed by atoms with Crippen LogP contribution in [0.4, 0.5) is 0 Å². The molecule has 4 fully saturated rings. The number of ether oxygens (including phenoxy) is 1. The van der Waals surface area contributed by atoms with Crippen LogP contribution in [0.3, 0.4) is 0 Å². The zero-order valence-corrected chi connectivity index (χ0v) is 15.4. The summed E-state index contributed by atoms with van der Waals surface area (Å²) < 4.78 is 5.06. The van der Waals surface area contributed by atoms with Crippen molar-refractivity contribution in [1.29, 1.82) is 0 Å². The third kappa shape index (κ3) is 2.49. The van der Waals surface area contributed by atoms with E-state index in [1.807, 2.05) is 17.0 Å². The van der Waals surface area contributed by atoms with Gasteiger partial charge in [-0.15, -0.1) is 0 Å². The molecule has 1 amide bonds. The van der Waals surface area contributed by atoms with Gasteiger partial charge in [0.2, 0.25) is 5.91 Å². The van der Waals surface area contributed by atoms with Crippen molar-refractivity contribution in [2.75, 3.05) is 7.11 Å². The lowest BCUT2D eigenvalue weighted by molar-refractivity contribution is -0.162. The van der Waals surface area contributed by atoms with Gasteiger partial charge in [0.25, 0.3) is 0 Å². The lowest BCUT2D eigenvalue weighted by Crippen LogP contribution is -2.56. The first-order valence-corrected chi connectivity index (χ1v) is 10.1. The number of hydrogen-bond acceptors (Lipinski definition) is 3. The fraction of sp³-hybridized carbons (Fsp3) is 0.636.